The smallest absolute Gasteiger partial charge is 0.312 e. The fraction of sp³-hybridized carbons (Fsp3) is 0.815. The van der Waals surface area contributed by atoms with Gasteiger partial charge in [0.05, 0.1) is 30.8 Å². The van der Waals surface area contributed by atoms with Gasteiger partial charge in [-0.2, -0.15) is 0 Å². The van der Waals surface area contributed by atoms with Crippen LogP contribution >= 0.6 is 0 Å². The highest BCUT2D eigenvalue weighted by atomic mass is 16.6. The van der Waals surface area contributed by atoms with Crippen LogP contribution < -0.4 is 0 Å². The first-order valence-electron chi connectivity index (χ1n) is 13.4. The van der Waals surface area contributed by atoms with E-state index in [1.807, 2.05) is 20.8 Å². The average Bonchev–Trinajstić information content (AvgIpc) is 3.40. The van der Waals surface area contributed by atoms with Gasteiger partial charge in [0.2, 0.25) is 11.8 Å². The Morgan fingerprint density at radius 3 is 2.60 bits per heavy atom. The van der Waals surface area contributed by atoms with Crippen LogP contribution in [0, 0.1) is 17.8 Å². The topological polar surface area (TPSA) is 96.4 Å². The predicted molar refractivity (Wildman–Crippen MR) is 132 cm³/mol. The first-order valence-corrected chi connectivity index (χ1v) is 13.4. The van der Waals surface area contributed by atoms with Crippen LogP contribution in [0.15, 0.2) is 12.7 Å². The molecule has 8 heteroatoms. The van der Waals surface area contributed by atoms with E-state index in [-0.39, 0.29) is 30.9 Å². The molecule has 0 aromatic heterocycles. The largest absolute Gasteiger partial charge is 0.466 e. The van der Waals surface area contributed by atoms with Crippen molar-refractivity contribution in [3.8, 4) is 0 Å². The van der Waals surface area contributed by atoms with Crippen molar-refractivity contribution in [3.05, 3.63) is 12.7 Å². The third kappa shape index (κ3) is 4.52. The SMILES string of the molecule is C=CCN(CCCCC)C(=O)C1N([C@@H](CO)[C@@H](C)CC)C(=O)[C@@H]2[C@@H](C(=O)OCC)[C@@]3(C)CCC12O3. The lowest BCUT2D eigenvalue weighted by atomic mass is 9.66. The second kappa shape index (κ2) is 11.0. The summed E-state index contributed by atoms with van der Waals surface area (Å²) in [4.78, 5) is 44.9. The minimum absolute atomic E-state index is 0.0312. The first kappa shape index (κ1) is 27.7. The molecule has 0 radical (unpaired) electrons. The number of rotatable bonds is 13. The molecule has 0 aliphatic carbocycles. The Kier molecular flexibility index (Phi) is 8.69. The number of fused-ring (bicyclic) bond motifs is 1. The molecule has 3 aliphatic rings. The molecule has 3 saturated heterocycles. The zero-order valence-corrected chi connectivity index (χ0v) is 22.1. The quantitative estimate of drug-likeness (QED) is 0.241. The fourth-order valence-corrected chi connectivity index (χ4v) is 6.58. The number of likely N-dealkylation sites (tertiary alicyclic amines) is 1. The van der Waals surface area contributed by atoms with E-state index in [2.05, 4.69) is 13.5 Å². The molecule has 0 aromatic carbocycles. The highest BCUT2D eigenvalue weighted by molar-refractivity contribution is 5.98. The Hall–Kier alpha value is -1.93. The zero-order chi connectivity index (χ0) is 26.0. The molecule has 8 nitrogen and oxygen atoms in total. The molecule has 1 spiro atoms. The number of hydrogen-bond acceptors (Lipinski definition) is 6. The van der Waals surface area contributed by atoms with Gasteiger partial charge in [0.15, 0.2) is 0 Å². The van der Waals surface area contributed by atoms with Gasteiger partial charge in [0.25, 0.3) is 0 Å². The van der Waals surface area contributed by atoms with Crippen LogP contribution in [0.3, 0.4) is 0 Å². The van der Waals surface area contributed by atoms with Crippen LogP contribution in [-0.2, 0) is 23.9 Å². The third-order valence-electron chi connectivity index (χ3n) is 8.53. The summed E-state index contributed by atoms with van der Waals surface area (Å²) in [5.41, 5.74) is -1.96. The van der Waals surface area contributed by atoms with E-state index in [1.54, 1.807) is 22.8 Å². The van der Waals surface area contributed by atoms with Gasteiger partial charge in [-0.25, -0.2) is 0 Å². The second-order valence-electron chi connectivity index (χ2n) is 10.6. The van der Waals surface area contributed by atoms with Gasteiger partial charge in [-0.15, -0.1) is 6.58 Å². The van der Waals surface area contributed by atoms with Crippen LogP contribution in [-0.4, -0.2) is 82.3 Å². The Morgan fingerprint density at radius 2 is 2.03 bits per heavy atom. The van der Waals surface area contributed by atoms with Crippen LogP contribution in [0.4, 0.5) is 0 Å². The molecule has 0 saturated carbocycles. The Balaban J connectivity index is 2.10. The summed E-state index contributed by atoms with van der Waals surface area (Å²) in [5, 5.41) is 10.4. The van der Waals surface area contributed by atoms with Crippen molar-refractivity contribution in [2.75, 3.05) is 26.3 Å². The van der Waals surface area contributed by atoms with Crippen molar-refractivity contribution in [2.45, 2.75) is 96.4 Å². The van der Waals surface area contributed by atoms with Crippen molar-refractivity contribution in [1.82, 2.24) is 9.80 Å². The average molecular weight is 493 g/mol. The number of amides is 2. The standard InChI is InChI=1S/C27H44N2O6/c1-7-11-12-16-28(15-8-2)24(32)22-27-14-13-26(6,35-27)21(25(33)34-10-4)20(27)23(31)29(22)19(17-30)18(5)9-3/h8,18-22,30H,2,7,9-17H2,1,3-6H3/t18-,19-,20-,21-,22?,26+,27?/m0/s1. The highest BCUT2D eigenvalue weighted by Gasteiger charge is 2.79. The maximum absolute atomic E-state index is 14.3. The molecule has 3 fully saturated rings. The normalized spacial score (nSPS) is 32.9. The Labute approximate surface area is 210 Å². The minimum Gasteiger partial charge on any atom is -0.466 e. The highest BCUT2D eigenvalue weighted by Crippen LogP contribution is 2.64. The molecule has 35 heavy (non-hydrogen) atoms. The maximum atomic E-state index is 14.3. The van der Waals surface area contributed by atoms with E-state index >= 15 is 0 Å². The second-order valence-corrected chi connectivity index (χ2v) is 10.6. The number of nitrogens with zero attached hydrogens (tertiary/aromatic N) is 2. The summed E-state index contributed by atoms with van der Waals surface area (Å²) in [5.74, 6) is -2.51. The monoisotopic (exact) mass is 492 g/mol. The van der Waals surface area contributed by atoms with E-state index in [1.165, 1.54) is 0 Å². The van der Waals surface area contributed by atoms with E-state index in [4.69, 9.17) is 9.47 Å². The summed E-state index contributed by atoms with van der Waals surface area (Å²) in [7, 11) is 0. The summed E-state index contributed by atoms with van der Waals surface area (Å²) < 4.78 is 12.0. The molecule has 7 atom stereocenters. The summed E-state index contributed by atoms with van der Waals surface area (Å²) in [6, 6.07) is -1.44. The summed E-state index contributed by atoms with van der Waals surface area (Å²) >= 11 is 0. The minimum atomic E-state index is -1.11. The molecule has 1 N–H and O–H groups in total. The number of aliphatic hydroxyl groups is 1. The number of esters is 1. The van der Waals surface area contributed by atoms with Crippen LogP contribution in [0.2, 0.25) is 0 Å². The van der Waals surface area contributed by atoms with Gasteiger partial charge in [0, 0.05) is 13.1 Å². The number of unbranched alkanes of at least 4 members (excludes halogenated alkanes) is 2. The van der Waals surface area contributed by atoms with Gasteiger partial charge in [0.1, 0.15) is 17.6 Å². The summed E-state index contributed by atoms with van der Waals surface area (Å²) in [6.45, 7) is 14.4. The number of hydrogen-bond donors (Lipinski definition) is 1. The molecule has 2 unspecified atom stereocenters. The molecule has 3 heterocycles. The fourth-order valence-electron chi connectivity index (χ4n) is 6.58. The molecule has 0 aromatic rings. The van der Waals surface area contributed by atoms with Gasteiger partial charge in [-0.05, 0) is 39.0 Å². The summed E-state index contributed by atoms with van der Waals surface area (Å²) in [6.07, 6.45) is 6.40. The van der Waals surface area contributed by atoms with Crippen molar-refractivity contribution < 1.29 is 29.0 Å². The van der Waals surface area contributed by atoms with Gasteiger partial charge < -0.3 is 24.4 Å². The third-order valence-corrected chi connectivity index (χ3v) is 8.53. The lowest BCUT2D eigenvalue weighted by molar-refractivity contribution is -0.162. The molecule has 3 rings (SSSR count). The van der Waals surface area contributed by atoms with Crippen molar-refractivity contribution in [2.24, 2.45) is 17.8 Å². The van der Waals surface area contributed by atoms with E-state index in [9.17, 15) is 19.5 Å². The van der Waals surface area contributed by atoms with Crippen molar-refractivity contribution in [1.29, 1.82) is 0 Å². The van der Waals surface area contributed by atoms with Gasteiger partial charge in [-0.1, -0.05) is 46.1 Å². The maximum Gasteiger partial charge on any atom is 0.312 e. The molecule has 2 amide bonds. The molecular weight excluding hydrogens is 448 g/mol. The Bertz CT molecular complexity index is 817. The lowest BCUT2D eigenvalue weighted by Gasteiger charge is -2.41. The van der Waals surface area contributed by atoms with Gasteiger partial charge >= 0.3 is 5.97 Å². The van der Waals surface area contributed by atoms with Crippen molar-refractivity contribution >= 4 is 17.8 Å². The van der Waals surface area contributed by atoms with Crippen molar-refractivity contribution in [3.63, 3.8) is 0 Å². The number of ether oxygens (including phenoxy) is 2. The van der Waals surface area contributed by atoms with Crippen LogP contribution in [0.25, 0.3) is 0 Å². The number of carbonyl (C=O) groups is 3. The Morgan fingerprint density at radius 1 is 1.31 bits per heavy atom. The van der Waals surface area contributed by atoms with E-state index in [0.29, 0.717) is 25.9 Å². The van der Waals surface area contributed by atoms with Crippen LogP contribution in [0.5, 0.6) is 0 Å². The van der Waals surface area contributed by atoms with Gasteiger partial charge in [-0.3, -0.25) is 14.4 Å². The number of aliphatic hydroxyl groups excluding tert-OH is 1. The predicted octanol–water partition coefficient (Wildman–Crippen LogP) is 2.93. The zero-order valence-electron chi connectivity index (χ0n) is 22.1. The van der Waals surface area contributed by atoms with E-state index < -0.39 is 41.1 Å². The molecule has 3 aliphatic heterocycles. The molecular formula is C27H44N2O6. The molecule has 198 valence electrons. The van der Waals surface area contributed by atoms with Crippen LogP contribution in [0.1, 0.15) is 73.1 Å². The first-order chi connectivity index (χ1) is 16.7. The number of carbonyl (C=O) groups excluding carboxylic acids is 3. The molecule has 2 bridgehead atoms. The van der Waals surface area contributed by atoms with E-state index in [0.717, 1.165) is 25.7 Å². The lowest BCUT2D eigenvalue weighted by Crippen LogP contribution is -2.60.